The molecule has 104 valence electrons. The molecule has 0 bridgehead atoms. The lowest BCUT2D eigenvalue weighted by molar-refractivity contribution is -0.126. The van der Waals surface area contributed by atoms with Crippen LogP contribution in [0.2, 0.25) is 0 Å². The predicted octanol–water partition coefficient (Wildman–Crippen LogP) is -0.223. The van der Waals surface area contributed by atoms with Crippen molar-refractivity contribution in [1.82, 2.24) is 15.1 Å². The van der Waals surface area contributed by atoms with Gasteiger partial charge >= 0.3 is 0 Å². The number of carbonyl (C=O) groups excluding carboxylic acids is 1. The molecule has 2 fully saturated rings. The van der Waals surface area contributed by atoms with Crippen molar-refractivity contribution < 1.29 is 9.53 Å². The molecule has 2 aliphatic rings. The number of piperidine rings is 1. The van der Waals surface area contributed by atoms with Crippen molar-refractivity contribution in [3.63, 3.8) is 0 Å². The minimum absolute atomic E-state index is 0.188. The van der Waals surface area contributed by atoms with Crippen molar-refractivity contribution in [1.29, 1.82) is 0 Å². The van der Waals surface area contributed by atoms with Gasteiger partial charge in [-0.1, -0.05) is 0 Å². The van der Waals surface area contributed by atoms with E-state index in [2.05, 4.69) is 22.2 Å². The van der Waals surface area contributed by atoms with E-state index in [1.165, 1.54) is 0 Å². The molecule has 0 aromatic carbocycles. The Morgan fingerprint density at radius 3 is 2.83 bits per heavy atom. The van der Waals surface area contributed by atoms with Crippen LogP contribution >= 0.6 is 0 Å². The summed E-state index contributed by atoms with van der Waals surface area (Å²) in [5, 5.41) is 3.07. The van der Waals surface area contributed by atoms with Crippen molar-refractivity contribution in [2.45, 2.75) is 12.8 Å². The van der Waals surface area contributed by atoms with Gasteiger partial charge in [0.1, 0.15) is 0 Å². The highest BCUT2D eigenvalue weighted by Gasteiger charge is 2.23. The zero-order chi connectivity index (χ0) is 12.8. The van der Waals surface area contributed by atoms with Gasteiger partial charge in [-0.3, -0.25) is 9.69 Å². The van der Waals surface area contributed by atoms with E-state index in [4.69, 9.17) is 4.74 Å². The second kappa shape index (κ2) is 7.07. The maximum absolute atomic E-state index is 12.0. The molecular weight excluding hydrogens is 230 g/mol. The summed E-state index contributed by atoms with van der Waals surface area (Å²) in [6.07, 6.45) is 2.17. The van der Waals surface area contributed by atoms with Crippen molar-refractivity contribution >= 4 is 5.91 Å². The largest absolute Gasteiger partial charge is 0.379 e. The average Bonchev–Trinajstić information content (AvgIpc) is 2.40. The summed E-state index contributed by atoms with van der Waals surface area (Å²) in [7, 11) is 2.09. The Labute approximate surface area is 109 Å². The first-order chi connectivity index (χ1) is 8.75. The Hall–Kier alpha value is -0.650. The Kier molecular flexibility index (Phi) is 5.41. The summed E-state index contributed by atoms with van der Waals surface area (Å²) in [6, 6.07) is 0. The lowest BCUT2D eigenvalue weighted by Crippen LogP contribution is -2.45. The maximum atomic E-state index is 12.0. The molecule has 0 aliphatic carbocycles. The molecule has 2 aliphatic heterocycles. The van der Waals surface area contributed by atoms with E-state index in [1.54, 1.807) is 0 Å². The number of nitrogens with zero attached hydrogens (tertiary/aromatic N) is 2. The molecule has 0 radical (unpaired) electrons. The second-order valence-electron chi connectivity index (χ2n) is 5.35. The SMILES string of the molecule is CN1CCCC(C(=O)NCCN2CCOCC2)C1. The van der Waals surface area contributed by atoms with Crippen LogP contribution in [-0.2, 0) is 9.53 Å². The Bertz CT molecular complexity index is 267. The van der Waals surface area contributed by atoms with Gasteiger partial charge in [0.15, 0.2) is 0 Å². The molecule has 5 nitrogen and oxygen atoms in total. The van der Waals surface area contributed by atoms with Crippen LogP contribution in [0, 0.1) is 5.92 Å². The highest BCUT2D eigenvalue weighted by Crippen LogP contribution is 2.14. The van der Waals surface area contributed by atoms with Gasteiger partial charge in [0, 0.05) is 32.7 Å². The van der Waals surface area contributed by atoms with E-state index >= 15 is 0 Å². The molecule has 1 unspecified atom stereocenters. The first kappa shape index (κ1) is 13.8. The maximum Gasteiger partial charge on any atom is 0.224 e. The fourth-order valence-corrected chi connectivity index (χ4v) is 2.69. The lowest BCUT2D eigenvalue weighted by Gasteiger charge is -2.29. The number of nitrogens with one attached hydrogen (secondary N) is 1. The van der Waals surface area contributed by atoms with Crippen LogP contribution < -0.4 is 5.32 Å². The third-order valence-corrected chi connectivity index (χ3v) is 3.83. The standard InChI is InChI=1S/C13H25N3O2/c1-15-5-2-3-12(11-15)13(17)14-4-6-16-7-9-18-10-8-16/h12H,2-11H2,1H3,(H,14,17). The fourth-order valence-electron chi connectivity index (χ4n) is 2.69. The molecule has 0 spiro atoms. The van der Waals surface area contributed by atoms with Crippen LogP contribution in [0.1, 0.15) is 12.8 Å². The van der Waals surface area contributed by atoms with E-state index in [0.29, 0.717) is 0 Å². The molecule has 5 heteroatoms. The quantitative estimate of drug-likeness (QED) is 0.754. The summed E-state index contributed by atoms with van der Waals surface area (Å²) in [4.78, 5) is 16.6. The molecule has 2 rings (SSSR count). The highest BCUT2D eigenvalue weighted by atomic mass is 16.5. The number of ether oxygens (including phenoxy) is 1. The first-order valence-electron chi connectivity index (χ1n) is 7.02. The Balaban J connectivity index is 1.61. The van der Waals surface area contributed by atoms with Gasteiger partial charge in [-0.2, -0.15) is 0 Å². The van der Waals surface area contributed by atoms with Crippen LogP contribution in [-0.4, -0.2) is 75.2 Å². The molecule has 1 atom stereocenters. The second-order valence-corrected chi connectivity index (χ2v) is 5.35. The summed E-state index contributed by atoms with van der Waals surface area (Å²) >= 11 is 0. The third-order valence-electron chi connectivity index (χ3n) is 3.83. The van der Waals surface area contributed by atoms with Crippen LogP contribution in [0.3, 0.4) is 0 Å². The first-order valence-corrected chi connectivity index (χ1v) is 7.02. The minimum atomic E-state index is 0.188. The van der Waals surface area contributed by atoms with Crippen LogP contribution in [0.4, 0.5) is 0 Å². The number of rotatable bonds is 4. The van der Waals surface area contributed by atoms with E-state index in [1.807, 2.05) is 0 Å². The van der Waals surface area contributed by atoms with Crippen LogP contribution in [0.15, 0.2) is 0 Å². The van der Waals surface area contributed by atoms with Gasteiger partial charge in [0.05, 0.1) is 19.1 Å². The van der Waals surface area contributed by atoms with E-state index in [0.717, 1.165) is 65.3 Å². The van der Waals surface area contributed by atoms with Crippen molar-refractivity contribution in [2.75, 3.05) is 59.5 Å². The van der Waals surface area contributed by atoms with Gasteiger partial charge in [-0.25, -0.2) is 0 Å². The topological polar surface area (TPSA) is 44.8 Å². The van der Waals surface area contributed by atoms with Crippen LogP contribution in [0.25, 0.3) is 0 Å². The molecule has 18 heavy (non-hydrogen) atoms. The molecular formula is C13H25N3O2. The summed E-state index contributed by atoms with van der Waals surface area (Å²) in [6.45, 7) is 7.35. The Morgan fingerprint density at radius 2 is 2.11 bits per heavy atom. The van der Waals surface area contributed by atoms with Gasteiger partial charge in [0.25, 0.3) is 0 Å². The third kappa shape index (κ3) is 4.23. The summed E-state index contributed by atoms with van der Waals surface area (Å²) in [5.41, 5.74) is 0. The molecule has 1 N–H and O–H groups in total. The number of morpholine rings is 1. The average molecular weight is 255 g/mol. The van der Waals surface area contributed by atoms with Crippen molar-refractivity contribution in [2.24, 2.45) is 5.92 Å². The molecule has 2 heterocycles. The number of carbonyl (C=O) groups is 1. The predicted molar refractivity (Wildman–Crippen MR) is 70.5 cm³/mol. The smallest absolute Gasteiger partial charge is 0.224 e. The molecule has 1 amide bonds. The monoisotopic (exact) mass is 255 g/mol. The van der Waals surface area contributed by atoms with Crippen LogP contribution in [0.5, 0.6) is 0 Å². The van der Waals surface area contributed by atoms with E-state index in [-0.39, 0.29) is 11.8 Å². The molecule has 0 aromatic heterocycles. The van der Waals surface area contributed by atoms with Gasteiger partial charge in [-0.15, -0.1) is 0 Å². The number of amides is 1. The Morgan fingerprint density at radius 1 is 1.33 bits per heavy atom. The number of hydrogen-bond donors (Lipinski definition) is 1. The normalized spacial score (nSPS) is 27.1. The van der Waals surface area contributed by atoms with Crippen molar-refractivity contribution in [3.8, 4) is 0 Å². The molecule has 2 saturated heterocycles. The number of hydrogen-bond acceptors (Lipinski definition) is 4. The fraction of sp³-hybridized carbons (Fsp3) is 0.923. The lowest BCUT2D eigenvalue weighted by atomic mass is 9.98. The van der Waals surface area contributed by atoms with Gasteiger partial charge in [-0.05, 0) is 26.4 Å². The molecule has 0 saturated carbocycles. The van der Waals surface area contributed by atoms with E-state index < -0.39 is 0 Å². The highest BCUT2D eigenvalue weighted by molar-refractivity contribution is 5.78. The van der Waals surface area contributed by atoms with E-state index in [9.17, 15) is 4.79 Å². The zero-order valence-electron chi connectivity index (χ0n) is 11.4. The van der Waals surface area contributed by atoms with Gasteiger partial charge < -0.3 is 15.0 Å². The molecule has 0 aromatic rings. The zero-order valence-corrected chi connectivity index (χ0v) is 11.4. The summed E-state index contributed by atoms with van der Waals surface area (Å²) in [5.74, 6) is 0.420. The van der Waals surface area contributed by atoms with Gasteiger partial charge in [0.2, 0.25) is 5.91 Å². The summed E-state index contributed by atoms with van der Waals surface area (Å²) < 4.78 is 5.30. The van der Waals surface area contributed by atoms with Crippen molar-refractivity contribution in [3.05, 3.63) is 0 Å². The number of likely N-dealkylation sites (tertiary alicyclic amines) is 1. The minimum Gasteiger partial charge on any atom is -0.379 e.